The van der Waals surface area contributed by atoms with Crippen molar-refractivity contribution in [2.45, 2.75) is 19.3 Å². The fourth-order valence-electron chi connectivity index (χ4n) is 1.10. The number of nitrogens with one attached hydrogen (secondary N) is 1. The first-order valence-corrected chi connectivity index (χ1v) is 4.62. The van der Waals surface area contributed by atoms with Crippen LogP contribution in [0.4, 0.5) is 10.1 Å². The third-order valence-electron chi connectivity index (χ3n) is 1.80. The number of anilines is 1. The van der Waals surface area contributed by atoms with Gasteiger partial charge in [-0.15, -0.1) is 12.3 Å². The largest absolute Gasteiger partial charge is 0.385 e. The zero-order valence-electron chi connectivity index (χ0n) is 7.96. The van der Waals surface area contributed by atoms with Crippen molar-refractivity contribution in [3.63, 3.8) is 0 Å². The summed E-state index contributed by atoms with van der Waals surface area (Å²) in [5.41, 5.74) is 0.762. The predicted molar refractivity (Wildman–Crippen MR) is 55.4 cm³/mol. The van der Waals surface area contributed by atoms with Gasteiger partial charge in [-0.1, -0.05) is 0 Å². The molecule has 0 unspecified atom stereocenters. The average Bonchev–Trinajstić information content (AvgIpc) is 2.18. The Hall–Kier alpha value is -1.56. The number of unbranched alkanes of at least 4 members (excludes halogenated alkanes) is 2. The van der Waals surface area contributed by atoms with E-state index in [9.17, 15) is 4.39 Å². The summed E-state index contributed by atoms with van der Waals surface area (Å²) in [4.78, 5) is 3.46. The van der Waals surface area contributed by atoms with Crippen molar-refractivity contribution in [1.29, 1.82) is 0 Å². The Bertz CT molecular complexity index is 317. The molecular weight excluding hydrogens is 179 g/mol. The first-order chi connectivity index (χ1) is 6.83. The van der Waals surface area contributed by atoms with Gasteiger partial charge in [0.1, 0.15) is 0 Å². The van der Waals surface area contributed by atoms with E-state index < -0.39 is 5.95 Å². The molecular formula is C11H13FN2. The van der Waals surface area contributed by atoms with E-state index >= 15 is 0 Å². The first kappa shape index (κ1) is 10.5. The number of rotatable bonds is 5. The van der Waals surface area contributed by atoms with Gasteiger partial charge in [0.15, 0.2) is 0 Å². The van der Waals surface area contributed by atoms with Gasteiger partial charge in [-0.2, -0.15) is 4.39 Å². The number of hydrogen-bond acceptors (Lipinski definition) is 2. The maximum atomic E-state index is 12.6. The molecule has 0 bridgehead atoms. The minimum absolute atomic E-state index is 0.460. The Kier molecular flexibility index (Phi) is 4.49. The highest BCUT2D eigenvalue weighted by molar-refractivity contribution is 5.40. The number of pyridine rings is 1. The normalized spacial score (nSPS) is 9.43. The van der Waals surface area contributed by atoms with Gasteiger partial charge in [0.2, 0.25) is 5.95 Å². The van der Waals surface area contributed by atoms with E-state index in [4.69, 9.17) is 6.42 Å². The summed E-state index contributed by atoms with van der Waals surface area (Å²) in [6.07, 6.45) is 9.35. The molecule has 1 N–H and O–H groups in total. The standard InChI is InChI=1S/C11H13FN2/c1-2-3-4-5-7-13-10-6-8-14-11(12)9-10/h1,6,8-9H,3-5,7H2,(H,13,14). The highest BCUT2D eigenvalue weighted by Crippen LogP contribution is 2.06. The third kappa shape index (κ3) is 3.90. The second kappa shape index (κ2) is 5.98. The quantitative estimate of drug-likeness (QED) is 0.440. The van der Waals surface area contributed by atoms with Gasteiger partial charge in [0.05, 0.1) is 0 Å². The lowest BCUT2D eigenvalue weighted by Gasteiger charge is -2.04. The Morgan fingerprint density at radius 3 is 3.07 bits per heavy atom. The number of hydrogen-bond donors (Lipinski definition) is 1. The van der Waals surface area contributed by atoms with Crippen molar-refractivity contribution >= 4 is 5.69 Å². The summed E-state index contributed by atoms with van der Waals surface area (Å²) in [5, 5.41) is 3.10. The SMILES string of the molecule is C#CCCCCNc1ccnc(F)c1. The smallest absolute Gasteiger partial charge is 0.214 e. The lowest BCUT2D eigenvalue weighted by atomic mass is 10.2. The molecule has 2 nitrogen and oxygen atoms in total. The molecule has 0 aliphatic carbocycles. The van der Waals surface area contributed by atoms with Crippen LogP contribution in [0.3, 0.4) is 0 Å². The Labute approximate surface area is 83.6 Å². The van der Waals surface area contributed by atoms with E-state index in [1.165, 1.54) is 12.3 Å². The average molecular weight is 192 g/mol. The maximum Gasteiger partial charge on any atom is 0.214 e. The number of nitrogens with zero attached hydrogens (tertiary/aromatic N) is 1. The molecule has 0 aliphatic rings. The highest BCUT2D eigenvalue weighted by Gasteiger charge is 1.94. The lowest BCUT2D eigenvalue weighted by molar-refractivity contribution is 0.584. The van der Waals surface area contributed by atoms with Crippen LogP contribution in [0.2, 0.25) is 0 Å². The number of aromatic nitrogens is 1. The molecule has 14 heavy (non-hydrogen) atoms. The van der Waals surface area contributed by atoms with Crippen molar-refractivity contribution in [3.8, 4) is 12.3 Å². The van der Waals surface area contributed by atoms with Crippen LogP contribution in [0.1, 0.15) is 19.3 Å². The van der Waals surface area contributed by atoms with E-state index in [0.717, 1.165) is 31.5 Å². The highest BCUT2D eigenvalue weighted by atomic mass is 19.1. The van der Waals surface area contributed by atoms with E-state index in [1.807, 2.05) is 0 Å². The van der Waals surface area contributed by atoms with Crippen LogP contribution >= 0.6 is 0 Å². The second-order valence-corrected chi connectivity index (χ2v) is 2.96. The fourth-order valence-corrected chi connectivity index (χ4v) is 1.10. The summed E-state index contributed by atoms with van der Waals surface area (Å²) in [7, 11) is 0. The van der Waals surface area contributed by atoms with E-state index in [0.29, 0.717) is 0 Å². The van der Waals surface area contributed by atoms with Gasteiger partial charge in [0, 0.05) is 30.9 Å². The van der Waals surface area contributed by atoms with Gasteiger partial charge in [-0.3, -0.25) is 0 Å². The summed E-state index contributed by atoms with van der Waals surface area (Å²) in [6.45, 7) is 0.811. The molecule has 1 aromatic heterocycles. The van der Waals surface area contributed by atoms with E-state index in [-0.39, 0.29) is 0 Å². The molecule has 0 amide bonds. The molecule has 0 aromatic carbocycles. The Morgan fingerprint density at radius 1 is 1.50 bits per heavy atom. The van der Waals surface area contributed by atoms with Crippen LogP contribution in [-0.2, 0) is 0 Å². The third-order valence-corrected chi connectivity index (χ3v) is 1.80. The second-order valence-electron chi connectivity index (χ2n) is 2.96. The minimum atomic E-state index is -0.460. The predicted octanol–water partition coefficient (Wildman–Crippen LogP) is 2.44. The van der Waals surface area contributed by atoms with Crippen molar-refractivity contribution in [2.75, 3.05) is 11.9 Å². The van der Waals surface area contributed by atoms with Crippen LogP contribution in [0, 0.1) is 18.3 Å². The van der Waals surface area contributed by atoms with Crippen LogP contribution in [0.25, 0.3) is 0 Å². The van der Waals surface area contributed by atoms with Crippen LogP contribution < -0.4 is 5.32 Å². The summed E-state index contributed by atoms with van der Waals surface area (Å²) in [5.74, 6) is 2.12. The molecule has 0 aliphatic heterocycles. The molecule has 0 saturated heterocycles. The van der Waals surface area contributed by atoms with Crippen LogP contribution in [0.15, 0.2) is 18.3 Å². The molecule has 0 saturated carbocycles. The first-order valence-electron chi connectivity index (χ1n) is 4.62. The maximum absolute atomic E-state index is 12.6. The Morgan fingerprint density at radius 2 is 2.36 bits per heavy atom. The monoisotopic (exact) mass is 192 g/mol. The van der Waals surface area contributed by atoms with Gasteiger partial charge in [0.25, 0.3) is 0 Å². The van der Waals surface area contributed by atoms with Crippen LogP contribution in [-0.4, -0.2) is 11.5 Å². The summed E-state index contributed by atoms with van der Waals surface area (Å²) < 4.78 is 12.6. The molecule has 74 valence electrons. The molecule has 1 rings (SSSR count). The molecule has 1 aromatic rings. The van der Waals surface area contributed by atoms with Gasteiger partial charge < -0.3 is 5.32 Å². The number of halogens is 1. The van der Waals surface area contributed by atoms with E-state index in [1.54, 1.807) is 6.07 Å². The van der Waals surface area contributed by atoms with Crippen molar-refractivity contribution in [1.82, 2.24) is 4.98 Å². The lowest BCUT2D eigenvalue weighted by Crippen LogP contribution is -2.01. The Balaban J connectivity index is 2.22. The minimum Gasteiger partial charge on any atom is -0.385 e. The zero-order chi connectivity index (χ0) is 10.2. The molecule has 0 fully saturated rings. The fraction of sp³-hybridized carbons (Fsp3) is 0.364. The van der Waals surface area contributed by atoms with Crippen molar-refractivity contribution < 1.29 is 4.39 Å². The zero-order valence-corrected chi connectivity index (χ0v) is 7.96. The van der Waals surface area contributed by atoms with Crippen molar-refractivity contribution in [2.24, 2.45) is 0 Å². The van der Waals surface area contributed by atoms with Gasteiger partial charge in [-0.25, -0.2) is 4.98 Å². The van der Waals surface area contributed by atoms with Gasteiger partial charge >= 0.3 is 0 Å². The topological polar surface area (TPSA) is 24.9 Å². The molecule has 3 heteroatoms. The van der Waals surface area contributed by atoms with Crippen molar-refractivity contribution in [3.05, 3.63) is 24.3 Å². The molecule has 0 radical (unpaired) electrons. The summed E-state index contributed by atoms with van der Waals surface area (Å²) in [6, 6.07) is 3.12. The summed E-state index contributed by atoms with van der Waals surface area (Å²) >= 11 is 0. The molecule has 0 spiro atoms. The van der Waals surface area contributed by atoms with Crippen LogP contribution in [0.5, 0.6) is 0 Å². The van der Waals surface area contributed by atoms with Gasteiger partial charge in [-0.05, 0) is 18.9 Å². The number of terminal acetylenes is 1. The molecule has 0 atom stereocenters. The molecule has 1 heterocycles. The van der Waals surface area contributed by atoms with E-state index in [2.05, 4.69) is 16.2 Å².